The summed E-state index contributed by atoms with van der Waals surface area (Å²) in [6, 6.07) is 2.69. The Hall–Kier alpha value is -3.57. The van der Waals surface area contributed by atoms with Gasteiger partial charge in [-0.25, -0.2) is 18.4 Å². The molecule has 0 spiro atoms. The second-order valence-corrected chi connectivity index (χ2v) is 5.82. The largest absolute Gasteiger partial charge is 0.435 e. The Balaban J connectivity index is 1.80. The van der Waals surface area contributed by atoms with E-state index in [-0.39, 0.29) is 28.7 Å². The third kappa shape index (κ3) is 4.31. The maximum Gasteiger partial charge on any atom is 0.435 e. The van der Waals surface area contributed by atoms with Gasteiger partial charge in [0.05, 0.1) is 12.4 Å². The lowest BCUT2D eigenvalue weighted by atomic mass is 10.2. The van der Waals surface area contributed by atoms with Crippen LogP contribution in [0, 0.1) is 18.6 Å². The highest BCUT2D eigenvalue weighted by atomic mass is 19.4. The zero-order valence-corrected chi connectivity index (χ0v) is 14.9. The fourth-order valence-electron chi connectivity index (χ4n) is 2.27. The Bertz CT molecular complexity index is 1080. The SMILES string of the molecule is Cc1c(NC(=O)c2cncc(Oc3cc(C(F)(F)F)nn3C)n2)ccc(F)c1F. The van der Waals surface area contributed by atoms with Crippen LogP contribution in [0.15, 0.2) is 30.6 Å². The highest BCUT2D eigenvalue weighted by Gasteiger charge is 2.35. The standard InChI is InChI=1S/C17H12F5N5O2/c1-8-10(4-3-9(18)15(8)19)25-16(28)11-6-23-7-13(24-11)29-14-5-12(17(20,21)22)26-27(14)2/h3-7H,1-2H3,(H,25,28). The number of ether oxygens (including phenoxy) is 1. The lowest BCUT2D eigenvalue weighted by Crippen LogP contribution is -2.15. The number of nitrogens with one attached hydrogen (secondary N) is 1. The Kier molecular flexibility index (Phi) is 5.18. The van der Waals surface area contributed by atoms with E-state index in [2.05, 4.69) is 20.4 Å². The average molecular weight is 413 g/mol. The molecule has 152 valence electrons. The van der Waals surface area contributed by atoms with Crippen molar-refractivity contribution in [3.05, 3.63) is 59.2 Å². The van der Waals surface area contributed by atoms with Crippen molar-refractivity contribution in [2.45, 2.75) is 13.1 Å². The van der Waals surface area contributed by atoms with E-state index in [1.165, 1.54) is 20.0 Å². The Morgan fingerprint density at radius 3 is 2.59 bits per heavy atom. The summed E-state index contributed by atoms with van der Waals surface area (Å²) in [6.07, 6.45) is -2.50. The normalized spacial score (nSPS) is 11.4. The van der Waals surface area contributed by atoms with Crippen LogP contribution >= 0.6 is 0 Å². The quantitative estimate of drug-likeness (QED) is 0.657. The molecule has 2 heterocycles. The van der Waals surface area contributed by atoms with Crippen molar-refractivity contribution >= 4 is 11.6 Å². The van der Waals surface area contributed by atoms with Gasteiger partial charge < -0.3 is 10.1 Å². The summed E-state index contributed by atoms with van der Waals surface area (Å²) in [5.41, 5.74) is -1.52. The Labute approximate surface area is 160 Å². The summed E-state index contributed by atoms with van der Waals surface area (Å²) in [5.74, 6) is -3.53. The molecule has 1 aromatic carbocycles. The number of aryl methyl sites for hydroxylation is 1. The zero-order chi connectivity index (χ0) is 21.3. The summed E-state index contributed by atoms with van der Waals surface area (Å²) >= 11 is 0. The highest BCUT2D eigenvalue weighted by molar-refractivity contribution is 6.03. The first-order chi connectivity index (χ1) is 13.6. The Morgan fingerprint density at radius 2 is 1.93 bits per heavy atom. The molecule has 0 bridgehead atoms. The van der Waals surface area contributed by atoms with Crippen LogP contribution in [0.5, 0.6) is 11.8 Å². The Morgan fingerprint density at radius 1 is 1.21 bits per heavy atom. The van der Waals surface area contributed by atoms with E-state index in [0.717, 1.165) is 23.1 Å². The van der Waals surface area contributed by atoms with Gasteiger partial charge >= 0.3 is 6.18 Å². The minimum atomic E-state index is -4.66. The van der Waals surface area contributed by atoms with E-state index in [1.807, 2.05) is 0 Å². The van der Waals surface area contributed by atoms with E-state index in [4.69, 9.17) is 4.74 Å². The number of rotatable bonds is 4. The molecule has 0 radical (unpaired) electrons. The molecule has 0 saturated carbocycles. The molecule has 0 fully saturated rings. The van der Waals surface area contributed by atoms with Crippen molar-refractivity contribution < 1.29 is 31.5 Å². The third-order valence-corrected chi connectivity index (χ3v) is 3.77. The molecule has 12 heteroatoms. The molecule has 7 nitrogen and oxygen atoms in total. The van der Waals surface area contributed by atoms with Crippen molar-refractivity contribution in [2.75, 3.05) is 5.32 Å². The molecule has 0 aliphatic rings. The summed E-state index contributed by atoms with van der Waals surface area (Å²) in [6.45, 7) is 1.28. The molecular weight excluding hydrogens is 401 g/mol. The number of amides is 1. The molecule has 0 saturated heterocycles. The summed E-state index contributed by atoms with van der Waals surface area (Å²) in [5, 5.41) is 5.64. The number of nitrogens with zero attached hydrogens (tertiary/aromatic N) is 4. The van der Waals surface area contributed by atoms with Gasteiger partial charge in [0.2, 0.25) is 11.8 Å². The molecule has 1 amide bonds. The maximum atomic E-state index is 13.6. The van der Waals surface area contributed by atoms with Crippen molar-refractivity contribution in [1.29, 1.82) is 0 Å². The lowest BCUT2D eigenvalue weighted by molar-refractivity contribution is -0.141. The molecule has 0 aliphatic heterocycles. The predicted octanol–water partition coefficient (Wildman–Crippen LogP) is 3.86. The van der Waals surface area contributed by atoms with Crippen LogP contribution in [-0.2, 0) is 13.2 Å². The third-order valence-electron chi connectivity index (χ3n) is 3.77. The number of halogens is 5. The molecule has 0 unspecified atom stereocenters. The van der Waals surface area contributed by atoms with Crippen molar-refractivity contribution in [2.24, 2.45) is 7.05 Å². The predicted molar refractivity (Wildman–Crippen MR) is 89.4 cm³/mol. The number of alkyl halides is 3. The number of anilines is 1. The van der Waals surface area contributed by atoms with E-state index >= 15 is 0 Å². The summed E-state index contributed by atoms with van der Waals surface area (Å²) in [4.78, 5) is 19.9. The van der Waals surface area contributed by atoms with Crippen LogP contribution in [0.2, 0.25) is 0 Å². The van der Waals surface area contributed by atoms with Gasteiger partial charge in [0.25, 0.3) is 5.91 Å². The number of hydrogen-bond donors (Lipinski definition) is 1. The smallest absolute Gasteiger partial charge is 0.419 e. The minimum Gasteiger partial charge on any atom is -0.419 e. The van der Waals surface area contributed by atoms with Gasteiger partial charge in [0, 0.05) is 24.4 Å². The second-order valence-electron chi connectivity index (χ2n) is 5.82. The molecule has 3 rings (SSSR count). The van der Waals surface area contributed by atoms with Gasteiger partial charge in [-0.3, -0.25) is 9.78 Å². The number of hydrogen-bond acceptors (Lipinski definition) is 5. The zero-order valence-electron chi connectivity index (χ0n) is 14.9. The van der Waals surface area contributed by atoms with Crippen LogP contribution in [0.4, 0.5) is 27.6 Å². The molecule has 2 aromatic heterocycles. The van der Waals surface area contributed by atoms with Crippen LogP contribution in [0.1, 0.15) is 21.7 Å². The number of carbonyl (C=O) groups is 1. The van der Waals surface area contributed by atoms with Crippen molar-refractivity contribution in [3.63, 3.8) is 0 Å². The van der Waals surface area contributed by atoms with E-state index in [1.54, 1.807) is 0 Å². The molecule has 1 N–H and O–H groups in total. The minimum absolute atomic E-state index is 0.0171. The highest BCUT2D eigenvalue weighted by Crippen LogP contribution is 2.31. The van der Waals surface area contributed by atoms with Crippen LogP contribution in [-0.4, -0.2) is 25.7 Å². The number of benzene rings is 1. The van der Waals surface area contributed by atoms with Crippen LogP contribution in [0.25, 0.3) is 0 Å². The van der Waals surface area contributed by atoms with Gasteiger partial charge in [-0.05, 0) is 19.1 Å². The number of aromatic nitrogens is 4. The summed E-state index contributed by atoms with van der Waals surface area (Å²) < 4.78 is 71.0. The monoisotopic (exact) mass is 413 g/mol. The van der Waals surface area contributed by atoms with E-state index < -0.39 is 29.4 Å². The lowest BCUT2D eigenvalue weighted by Gasteiger charge is -2.10. The van der Waals surface area contributed by atoms with Crippen molar-refractivity contribution in [1.82, 2.24) is 19.7 Å². The fourth-order valence-corrected chi connectivity index (χ4v) is 2.27. The molecule has 0 atom stereocenters. The van der Waals surface area contributed by atoms with Crippen molar-refractivity contribution in [3.8, 4) is 11.8 Å². The average Bonchev–Trinajstić information content (AvgIpc) is 3.03. The first-order valence-electron chi connectivity index (χ1n) is 7.93. The van der Waals surface area contributed by atoms with Gasteiger partial charge in [-0.15, -0.1) is 0 Å². The van der Waals surface area contributed by atoms with Gasteiger partial charge in [0.15, 0.2) is 23.0 Å². The molecule has 3 aromatic rings. The van der Waals surface area contributed by atoms with Gasteiger partial charge in [0.1, 0.15) is 0 Å². The fraction of sp³-hybridized carbons (Fsp3) is 0.176. The summed E-state index contributed by atoms with van der Waals surface area (Å²) in [7, 11) is 1.24. The van der Waals surface area contributed by atoms with Crippen LogP contribution in [0.3, 0.4) is 0 Å². The molecule has 29 heavy (non-hydrogen) atoms. The molecular formula is C17H12F5N5O2. The molecule has 0 aliphatic carbocycles. The van der Waals surface area contributed by atoms with Gasteiger partial charge in [-0.1, -0.05) is 0 Å². The van der Waals surface area contributed by atoms with E-state index in [9.17, 15) is 26.7 Å². The first-order valence-corrected chi connectivity index (χ1v) is 7.93. The topological polar surface area (TPSA) is 81.9 Å². The van der Waals surface area contributed by atoms with Gasteiger partial charge in [-0.2, -0.15) is 18.3 Å². The second kappa shape index (κ2) is 7.45. The number of carbonyl (C=O) groups excluding carboxylic acids is 1. The first kappa shape index (κ1) is 20.2. The van der Waals surface area contributed by atoms with E-state index in [0.29, 0.717) is 6.07 Å². The van der Waals surface area contributed by atoms with Crippen LogP contribution < -0.4 is 10.1 Å². The maximum absolute atomic E-state index is 13.6.